The minimum absolute atomic E-state index is 0.0318. The van der Waals surface area contributed by atoms with Crippen LogP contribution in [0.25, 0.3) is 10.4 Å². The summed E-state index contributed by atoms with van der Waals surface area (Å²) in [5, 5.41) is 26.3. The summed E-state index contributed by atoms with van der Waals surface area (Å²) in [6.07, 6.45) is -1.55. The Bertz CT molecular complexity index is 1180. The van der Waals surface area contributed by atoms with Gasteiger partial charge < -0.3 is 30.5 Å². The predicted octanol–water partition coefficient (Wildman–Crippen LogP) is 3.34. The van der Waals surface area contributed by atoms with Crippen LogP contribution >= 0.6 is 11.3 Å². The summed E-state index contributed by atoms with van der Waals surface area (Å²) in [7, 11) is 0. The molecule has 1 saturated heterocycles. The molecule has 0 bridgehead atoms. The first-order valence-corrected chi connectivity index (χ1v) is 13.4. The maximum Gasteiger partial charge on any atom is 0.408 e. The van der Waals surface area contributed by atoms with Crippen molar-refractivity contribution in [2.45, 2.75) is 85.2 Å². The zero-order valence-corrected chi connectivity index (χ0v) is 23.8. The average molecular weight is 547 g/mol. The summed E-state index contributed by atoms with van der Waals surface area (Å²) in [5.74, 6) is -0.905. The molecule has 38 heavy (non-hydrogen) atoms. The van der Waals surface area contributed by atoms with Gasteiger partial charge in [-0.2, -0.15) is 0 Å². The molecule has 0 aliphatic carbocycles. The lowest BCUT2D eigenvalue weighted by Crippen LogP contribution is -2.58. The summed E-state index contributed by atoms with van der Waals surface area (Å²) in [4.78, 5) is 45.7. The van der Waals surface area contributed by atoms with Crippen LogP contribution in [0.2, 0.25) is 0 Å². The maximum absolute atomic E-state index is 13.6. The van der Waals surface area contributed by atoms with Crippen molar-refractivity contribution in [3.63, 3.8) is 0 Å². The molecule has 2 heterocycles. The summed E-state index contributed by atoms with van der Waals surface area (Å²) in [6, 6.07) is 3.31. The van der Waals surface area contributed by atoms with Crippen LogP contribution in [0.15, 0.2) is 23.7 Å². The van der Waals surface area contributed by atoms with Crippen LogP contribution < -0.4 is 10.6 Å². The van der Waals surface area contributed by atoms with Gasteiger partial charge >= 0.3 is 6.09 Å². The fourth-order valence-corrected chi connectivity index (χ4v) is 5.08. The number of nitrogens with one attached hydrogen (secondary N) is 2. The Kier molecular flexibility index (Phi) is 8.72. The first-order valence-electron chi connectivity index (χ1n) is 12.5. The monoisotopic (exact) mass is 546 g/mol. The van der Waals surface area contributed by atoms with Crippen LogP contribution in [-0.4, -0.2) is 68.3 Å². The molecule has 1 aromatic heterocycles. The largest absolute Gasteiger partial charge is 0.508 e. The van der Waals surface area contributed by atoms with Gasteiger partial charge in [-0.3, -0.25) is 9.59 Å². The van der Waals surface area contributed by atoms with Gasteiger partial charge in [-0.1, -0.05) is 32.9 Å². The number of aryl methyl sites for hydroxylation is 1. The van der Waals surface area contributed by atoms with E-state index in [1.165, 1.54) is 16.2 Å². The van der Waals surface area contributed by atoms with E-state index in [1.807, 2.05) is 13.0 Å². The highest BCUT2D eigenvalue weighted by Crippen LogP contribution is 2.31. The van der Waals surface area contributed by atoms with E-state index in [9.17, 15) is 24.6 Å². The number of aromatic nitrogens is 1. The highest BCUT2D eigenvalue weighted by Gasteiger charge is 2.44. The van der Waals surface area contributed by atoms with Crippen LogP contribution in [0.3, 0.4) is 0 Å². The molecule has 1 aliphatic heterocycles. The van der Waals surface area contributed by atoms with Crippen molar-refractivity contribution >= 4 is 29.2 Å². The van der Waals surface area contributed by atoms with Crippen molar-refractivity contribution in [1.29, 1.82) is 0 Å². The third kappa shape index (κ3) is 7.22. The molecule has 4 N–H and O–H groups in total. The lowest BCUT2D eigenvalue weighted by Gasteiger charge is -2.35. The number of hydrogen-bond donors (Lipinski definition) is 4. The van der Waals surface area contributed by atoms with Gasteiger partial charge in [0.2, 0.25) is 11.8 Å². The van der Waals surface area contributed by atoms with Crippen molar-refractivity contribution in [2.24, 2.45) is 5.41 Å². The number of aliphatic hydroxyl groups is 1. The number of amides is 3. The van der Waals surface area contributed by atoms with E-state index in [1.54, 1.807) is 59.2 Å². The van der Waals surface area contributed by atoms with Gasteiger partial charge in [0.1, 0.15) is 23.4 Å². The number of rotatable bonds is 6. The standard InChI is InChI=1S/C27H38N4O6S/c1-15-21(38-14-29-15)16-8-9-17(20(33)10-16)12-28-23(34)19-11-18(32)13-31(19)24(35)22(26(2,3)4)30-25(36)37-27(5,6)7/h8-10,14,18-19,22,32-33H,11-13H2,1-7H3,(H,28,34)(H,30,36)/t18-,19-,22?/m1/s1. The van der Waals surface area contributed by atoms with E-state index in [0.29, 0.717) is 5.56 Å². The molecule has 1 aliphatic rings. The van der Waals surface area contributed by atoms with Crippen molar-refractivity contribution in [3.05, 3.63) is 35.0 Å². The number of benzene rings is 1. The minimum Gasteiger partial charge on any atom is -0.508 e. The topological polar surface area (TPSA) is 141 Å². The second-order valence-electron chi connectivity index (χ2n) is 11.7. The second-order valence-corrected chi connectivity index (χ2v) is 12.5. The van der Waals surface area contributed by atoms with Crippen molar-refractivity contribution in [1.82, 2.24) is 20.5 Å². The molecule has 0 radical (unpaired) electrons. The zero-order chi connectivity index (χ0) is 28.4. The van der Waals surface area contributed by atoms with Crippen LogP contribution in [0, 0.1) is 12.3 Å². The number of hydrogen-bond acceptors (Lipinski definition) is 8. The summed E-state index contributed by atoms with van der Waals surface area (Å²) in [5.41, 5.74) is 2.53. The molecular weight excluding hydrogens is 508 g/mol. The smallest absolute Gasteiger partial charge is 0.408 e. The average Bonchev–Trinajstić information content (AvgIpc) is 3.39. The molecule has 10 nitrogen and oxygen atoms in total. The number of carbonyl (C=O) groups excluding carboxylic acids is 3. The number of phenols is 1. The number of nitrogens with zero attached hydrogens (tertiary/aromatic N) is 2. The van der Waals surface area contributed by atoms with Gasteiger partial charge in [0, 0.05) is 25.1 Å². The van der Waals surface area contributed by atoms with Gasteiger partial charge in [-0.05, 0) is 44.7 Å². The number of ether oxygens (including phenoxy) is 1. The van der Waals surface area contributed by atoms with Crippen LogP contribution in [0.1, 0.15) is 59.2 Å². The van der Waals surface area contributed by atoms with Crippen LogP contribution in [-0.2, 0) is 20.9 Å². The van der Waals surface area contributed by atoms with Crippen molar-refractivity contribution < 1.29 is 29.3 Å². The molecule has 1 unspecified atom stereocenters. The third-order valence-corrected chi connectivity index (χ3v) is 7.16. The van der Waals surface area contributed by atoms with Crippen molar-refractivity contribution in [3.8, 4) is 16.2 Å². The highest BCUT2D eigenvalue weighted by atomic mass is 32.1. The normalized spacial score (nSPS) is 18.7. The predicted molar refractivity (Wildman–Crippen MR) is 145 cm³/mol. The van der Waals surface area contributed by atoms with Crippen LogP contribution in [0.5, 0.6) is 5.75 Å². The Labute approximate surface area is 227 Å². The lowest BCUT2D eigenvalue weighted by atomic mass is 9.85. The molecule has 208 valence electrons. The third-order valence-electron chi connectivity index (χ3n) is 6.18. The van der Waals surface area contributed by atoms with Gasteiger partial charge in [-0.25, -0.2) is 9.78 Å². The minimum atomic E-state index is -0.982. The van der Waals surface area contributed by atoms with Crippen molar-refractivity contribution in [2.75, 3.05) is 6.54 Å². The SMILES string of the molecule is Cc1ncsc1-c1ccc(CNC(=O)[C@H]2C[C@@H](O)CN2C(=O)C(NC(=O)OC(C)(C)C)C(C)(C)C)c(O)c1. The number of aromatic hydroxyl groups is 1. The Hall–Kier alpha value is -3.18. The number of thiazole rings is 1. The highest BCUT2D eigenvalue weighted by molar-refractivity contribution is 7.13. The quantitative estimate of drug-likeness (QED) is 0.435. The molecule has 1 fully saturated rings. The molecule has 3 amide bonds. The molecule has 1 aromatic carbocycles. The summed E-state index contributed by atoms with van der Waals surface area (Å²) in [6.45, 7) is 12.5. The van der Waals surface area contributed by atoms with Gasteiger partial charge in [0.25, 0.3) is 0 Å². The molecule has 0 saturated carbocycles. The van der Waals surface area contributed by atoms with E-state index in [-0.39, 0.29) is 25.3 Å². The number of β-amino-alcohol motifs (C(OH)–C–C–N with tert-alkyl or cyclic N) is 1. The molecule has 2 aromatic rings. The van der Waals surface area contributed by atoms with E-state index in [4.69, 9.17) is 4.74 Å². The molecule has 11 heteroatoms. The van der Waals surface area contributed by atoms with Gasteiger partial charge in [-0.15, -0.1) is 11.3 Å². The summed E-state index contributed by atoms with van der Waals surface area (Å²) >= 11 is 1.48. The number of likely N-dealkylation sites (tertiary alicyclic amines) is 1. The second kappa shape index (κ2) is 11.3. The number of aliphatic hydroxyl groups excluding tert-OH is 1. The summed E-state index contributed by atoms with van der Waals surface area (Å²) < 4.78 is 5.33. The first kappa shape index (κ1) is 29.4. The fraction of sp³-hybridized carbons (Fsp3) is 0.556. The lowest BCUT2D eigenvalue weighted by molar-refractivity contribution is -0.142. The van der Waals surface area contributed by atoms with E-state index in [0.717, 1.165) is 16.1 Å². The fourth-order valence-electron chi connectivity index (χ4n) is 4.28. The number of carbonyl (C=O) groups is 3. The number of alkyl carbamates (subject to hydrolysis) is 1. The Balaban J connectivity index is 1.71. The van der Waals surface area contributed by atoms with E-state index in [2.05, 4.69) is 15.6 Å². The molecule has 3 atom stereocenters. The Morgan fingerprint density at radius 3 is 2.45 bits per heavy atom. The van der Waals surface area contributed by atoms with E-state index < -0.39 is 47.1 Å². The van der Waals surface area contributed by atoms with Crippen LogP contribution in [0.4, 0.5) is 4.79 Å². The van der Waals surface area contributed by atoms with Gasteiger partial charge in [0.05, 0.1) is 22.2 Å². The number of phenolic OH excluding ortho intramolecular Hbond substituents is 1. The Morgan fingerprint density at radius 2 is 1.89 bits per heavy atom. The maximum atomic E-state index is 13.6. The van der Waals surface area contributed by atoms with Gasteiger partial charge in [0.15, 0.2) is 0 Å². The zero-order valence-electron chi connectivity index (χ0n) is 23.0. The first-order chi connectivity index (χ1) is 17.6. The molecule has 3 rings (SSSR count). The molecule has 0 spiro atoms. The van der Waals surface area contributed by atoms with E-state index >= 15 is 0 Å². The Morgan fingerprint density at radius 1 is 1.21 bits per heavy atom. The molecular formula is C27H38N4O6S.